The molecule has 0 aliphatic heterocycles. The maximum atomic E-state index is 13.1. The van der Waals surface area contributed by atoms with Crippen LogP contribution in [0.4, 0.5) is 0 Å². The number of quaternary nitrogens is 1. The molecule has 0 bridgehead atoms. The lowest BCUT2D eigenvalue weighted by Gasteiger charge is -2.25. The highest BCUT2D eigenvalue weighted by Crippen LogP contribution is 2.43. The molecule has 0 fully saturated rings. The van der Waals surface area contributed by atoms with Crippen molar-refractivity contribution in [1.29, 1.82) is 0 Å². The lowest BCUT2D eigenvalue weighted by Crippen LogP contribution is -2.45. The number of phosphoric acid groups is 1. The summed E-state index contributed by atoms with van der Waals surface area (Å²) in [6.07, 6.45) is 86.0. The van der Waals surface area contributed by atoms with Gasteiger partial charge in [0.1, 0.15) is 13.2 Å². The molecule has 3 N–H and O–H groups in total. The SMILES string of the molecule is CCCCCCCCCCCCCCCC/C=C\CCCCCCCCCCCCCCCCCCCC(=O)NC(COP(=O)(O)OCC[N+](C)(C)C)C(O)/C=C/CC/C=C/CCCCCCCCCCCCCCCCCCCCC. The fraction of sp³-hybridized carbons (Fsp3) is 0.904. The number of hydrogen-bond donors (Lipinski definition) is 3. The van der Waals surface area contributed by atoms with Gasteiger partial charge in [-0.05, 0) is 57.8 Å². The van der Waals surface area contributed by atoms with Crippen LogP contribution in [-0.4, -0.2) is 73.4 Å². The number of amides is 1. The van der Waals surface area contributed by atoms with Crippen LogP contribution in [0.3, 0.4) is 0 Å². The summed E-state index contributed by atoms with van der Waals surface area (Å²) in [5.74, 6) is -0.179. The van der Waals surface area contributed by atoms with Gasteiger partial charge in [-0.15, -0.1) is 0 Å². The highest BCUT2D eigenvalue weighted by molar-refractivity contribution is 7.47. The van der Waals surface area contributed by atoms with E-state index in [-0.39, 0.29) is 19.1 Å². The predicted molar refractivity (Wildman–Crippen MR) is 360 cm³/mol. The Kier molecular flexibility index (Phi) is 63.2. The molecular weight excluding hydrogens is 1030 g/mol. The van der Waals surface area contributed by atoms with E-state index in [0.717, 1.165) is 38.5 Å². The number of carbonyl (C=O) groups excluding carboxylic acids is 1. The molecule has 0 aromatic heterocycles. The average Bonchev–Trinajstić information content (AvgIpc) is 3.45. The van der Waals surface area contributed by atoms with Crippen molar-refractivity contribution in [2.75, 3.05) is 40.9 Å². The van der Waals surface area contributed by atoms with Crippen molar-refractivity contribution in [3.63, 3.8) is 0 Å². The monoisotopic (exact) mass is 1180 g/mol. The van der Waals surface area contributed by atoms with Crippen LogP contribution in [0, 0.1) is 0 Å². The van der Waals surface area contributed by atoms with E-state index in [1.54, 1.807) is 6.08 Å². The van der Waals surface area contributed by atoms with Gasteiger partial charge in [0.25, 0.3) is 0 Å². The number of allylic oxidation sites excluding steroid dienone is 5. The molecule has 3 atom stereocenters. The first-order chi connectivity index (χ1) is 40.0. The van der Waals surface area contributed by atoms with E-state index in [0.29, 0.717) is 17.4 Å². The number of carbonyl (C=O) groups is 1. The van der Waals surface area contributed by atoms with Crippen molar-refractivity contribution in [1.82, 2.24) is 5.32 Å². The summed E-state index contributed by atoms with van der Waals surface area (Å²) >= 11 is 0. The maximum absolute atomic E-state index is 13.1. The number of nitrogens with zero attached hydrogens (tertiary/aromatic N) is 1. The van der Waals surface area contributed by atoms with Gasteiger partial charge >= 0.3 is 7.82 Å². The average molecular weight is 1180 g/mol. The first-order valence-corrected chi connectivity index (χ1v) is 37.9. The summed E-state index contributed by atoms with van der Waals surface area (Å²) in [6.45, 7) is 4.86. The van der Waals surface area contributed by atoms with E-state index in [1.807, 2.05) is 27.2 Å². The first kappa shape index (κ1) is 80.7. The number of aliphatic hydroxyl groups excluding tert-OH is 1. The number of hydrogen-bond acceptors (Lipinski definition) is 5. The molecule has 3 unspecified atom stereocenters. The summed E-state index contributed by atoms with van der Waals surface area (Å²) in [4.78, 5) is 23.4. The summed E-state index contributed by atoms with van der Waals surface area (Å²) in [5, 5.41) is 14.0. The zero-order valence-corrected chi connectivity index (χ0v) is 56.7. The smallest absolute Gasteiger partial charge is 0.387 e. The van der Waals surface area contributed by atoms with Gasteiger partial charge in [0.05, 0.1) is 39.9 Å². The van der Waals surface area contributed by atoms with Crippen molar-refractivity contribution in [2.24, 2.45) is 0 Å². The first-order valence-electron chi connectivity index (χ1n) is 36.4. The van der Waals surface area contributed by atoms with Crippen LogP contribution in [-0.2, 0) is 18.4 Å². The Morgan fingerprint density at radius 1 is 0.402 bits per heavy atom. The Balaban J connectivity index is 4.02. The summed E-state index contributed by atoms with van der Waals surface area (Å²) in [7, 11) is 1.57. The van der Waals surface area contributed by atoms with E-state index in [9.17, 15) is 19.4 Å². The van der Waals surface area contributed by atoms with Crippen LogP contribution >= 0.6 is 7.82 Å². The Labute approximate surface area is 512 Å². The second-order valence-electron chi connectivity index (χ2n) is 26.3. The summed E-state index contributed by atoms with van der Waals surface area (Å²) < 4.78 is 23.8. The molecule has 0 radical (unpaired) electrons. The van der Waals surface area contributed by atoms with Gasteiger partial charge in [0, 0.05) is 6.42 Å². The standard InChI is InChI=1S/C73H143N2O6P/c1-6-8-10-12-14-16-18-20-22-24-26-28-30-32-33-34-35-36-37-38-39-40-41-43-45-47-49-51-53-55-57-59-61-63-65-67-73(77)74-71(70-81-82(78,79)80-69-68-75(3,4)5)72(76)66-64-62-60-58-56-54-52-50-48-46-44-42-31-29-27-25-23-21-19-17-15-13-11-9-7-2/h34-35,56,58,64,66,71-72,76H,6-33,36-55,57,59-63,65,67-70H2,1-5H3,(H-,74,77,78,79)/p+1/b35-34-,58-56+,66-64+. The van der Waals surface area contributed by atoms with Crippen LogP contribution in [0.15, 0.2) is 36.5 Å². The lowest BCUT2D eigenvalue weighted by molar-refractivity contribution is -0.870. The predicted octanol–water partition coefficient (Wildman–Crippen LogP) is 23.2. The lowest BCUT2D eigenvalue weighted by atomic mass is 10.0. The minimum atomic E-state index is -4.36. The molecule has 0 heterocycles. The molecule has 82 heavy (non-hydrogen) atoms. The fourth-order valence-electron chi connectivity index (χ4n) is 11.2. The molecule has 486 valence electrons. The second kappa shape index (κ2) is 64.2. The van der Waals surface area contributed by atoms with E-state index in [4.69, 9.17) is 9.05 Å². The summed E-state index contributed by atoms with van der Waals surface area (Å²) in [6, 6.07) is -0.864. The molecule has 0 aliphatic carbocycles. The highest BCUT2D eigenvalue weighted by atomic mass is 31.2. The van der Waals surface area contributed by atoms with Crippen molar-refractivity contribution >= 4 is 13.7 Å². The van der Waals surface area contributed by atoms with Gasteiger partial charge in [-0.2, -0.15) is 0 Å². The third kappa shape index (κ3) is 66.2. The third-order valence-electron chi connectivity index (χ3n) is 16.8. The molecule has 0 aromatic carbocycles. The molecule has 0 saturated heterocycles. The highest BCUT2D eigenvalue weighted by Gasteiger charge is 2.28. The van der Waals surface area contributed by atoms with Gasteiger partial charge in [0.2, 0.25) is 5.91 Å². The Bertz CT molecular complexity index is 1430. The summed E-state index contributed by atoms with van der Waals surface area (Å²) in [5.41, 5.74) is 0. The molecule has 1 amide bonds. The van der Waals surface area contributed by atoms with E-state index in [2.05, 4.69) is 43.5 Å². The molecule has 0 aromatic rings. The van der Waals surface area contributed by atoms with Crippen LogP contribution in [0.2, 0.25) is 0 Å². The Hall–Kier alpha value is -1.28. The van der Waals surface area contributed by atoms with Crippen LogP contribution in [0.1, 0.15) is 373 Å². The number of rotatable bonds is 68. The molecule has 0 rings (SSSR count). The van der Waals surface area contributed by atoms with Crippen LogP contribution in [0.5, 0.6) is 0 Å². The Morgan fingerprint density at radius 3 is 0.976 bits per heavy atom. The van der Waals surface area contributed by atoms with Crippen LogP contribution < -0.4 is 5.32 Å². The topological polar surface area (TPSA) is 105 Å². The normalized spacial score (nSPS) is 13.8. The minimum Gasteiger partial charge on any atom is -0.387 e. The molecule has 0 saturated carbocycles. The van der Waals surface area contributed by atoms with Crippen molar-refractivity contribution in [3.8, 4) is 0 Å². The zero-order valence-electron chi connectivity index (χ0n) is 55.8. The van der Waals surface area contributed by atoms with Gasteiger partial charge in [0.15, 0.2) is 0 Å². The Morgan fingerprint density at radius 2 is 0.671 bits per heavy atom. The van der Waals surface area contributed by atoms with Crippen LogP contribution in [0.25, 0.3) is 0 Å². The molecule has 0 aliphatic rings. The number of phosphoric ester groups is 1. The molecule has 0 spiro atoms. The second-order valence-corrected chi connectivity index (χ2v) is 27.8. The molecular formula is C73H144N2O6P+. The van der Waals surface area contributed by atoms with Crippen molar-refractivity contribution in [2.45, 2.75) is 386 Å². The van der Waals surface area contributed by atoms with Gasteiger partial charge in [-0.3, -0.25) is 13.8 Å². The number of unbranched alkanes of at least 4 members (excludes halogenated alkanes) is 51. The van der Waals surface area contributed by atoms with Gasteiger partial charge in [-0.25, -0.2) is 4.57 Å². The quantitative estimate of drug-likeness (QED) is 0.0243. The number of likely N-dealkylation sites (N-methyl/N-ethyl adjacent to an activating group) is 1. The number of nitrogens with one attached hydrogen (secondary N) is 1. The van der Waals surface area contributed by atoms with Crippen molar-refractivity contribution in [3.05, 3.63) is 36.5 Å². The number of aliphatic hydroxyl groups is 1. The molecule has 9 heteroatoms. The van der Waals surface area contributed by atoms with Crippen molar-refractivity contribution < 1.29 is 32.9 Å². The third-order valence-corrected chi connectivity index (χ3v) is 17.8. The van der Waals surface area contributed by atoms with E-state index < -0.39 is 20.0 Å². The zero-order chi connectivity index (χ0) is 59.8. The minimum absolute atomic E-state index is 0.0579. The largest absolute Gasteiger partial charge is 0.472 e. The van der Waals surface area contributed by atoms with Gasteiger partial charge in [-0.1, -0.05) is 346 Å². The molecule has 8 nitrogen and oxygen atoms in total. The maximum Gasteiger partial charge on any atom is 0.472 e. The van der Waals surface area contributed by atoms with E-state index >= 15 is 0 Å². The van der Waals surface area contributed by atoms with Gasteiger partial charge < -0.3 is 19.8 Å². The fourth-order valence-corrected chi connectivity index (χ4v) is 11.9. The van der Waals surface area contributed by atoms with E-state index in [1.165, 1.54) is 315 Å².